The Morgan fingerprint density at radius 2 is 2.10 bits per heavy atom. The lowest BCUT2D eigenvalue weighted by Crippen LogP contribution is -2.34. The first kappa shape index (κ1) is 15.6. The number of aryl methyl sites for hydroxylation is 1. The molecule has 1 aromatic rings. The predicted octanol–water partition coefficient (Wildman–Crippen LogP) is 2.65. The van der Waals surface area contributed by atoms with Crippen molar-refractivity contribution in [3.63, 3.8) is 0 Å². The summed E-state index contributed by atoms with van der Waals surface area (Å²) < 4.78 is 0. The third kappa shape index (κ3) is 4.09. The Morgan fingerprint density at radius 1 is 1.38 bits per heavy atom. The van der Waals surface area contributed by atoms with E-state index in [0.717, 1.165) is 17.7 Å². The SMILES string of the molecule is Cc1ccc(C(=O)NCC2(C)CCCC2)cc1C#CCO. The smallest absolute Gasteiger partial charge is 0.251 e. The molecule has 0 saturated heterocycles. The first-order valence-electron chi connectivity index (χ1n) is 7.53. The summed E-state index contributed by atoms with van der Waals surface area (Å²) in [5.74, 6) is 5.46. The van der Waals surface area contributed by atoms with Crippen LogP contribution in [0.3, 0.4) is 0 Å². The van der Waals surface area contributed by atoms with Gasteiger partial charge in [0.05, 0.1) is 0 Å². The maximum Gasteiger partial charge on any atom is 0.251 e. The Labute approximate surface area is 126 Å². The van der Waals surface area contributed by atoms with Crippen molar-refractivity contribution in [2.45, 2.75) is 39.5 Å². The molecule has 0 atom stereocenters. The quantitative estimate of drug-likeness (QED) is 0.839. The predicted molar refractivity (Wildman–Crippen MR) is 84.1 cm³/mol. The summed E-state index contributed by atoms with van der Waals surface area (Å²) in [5.41, 5.74) is 2.68. The van der Waals surface area contributed by atoms with E-state index in [0.29, 0.717) is 5.56 Å². The lowest BCUT2D eigenvalue weighted by Gasteiger charge is -2.23. The van der Waals surface area contributed by atoms with Crippen LogP contribution >= 0.6 is 0 Å². The first-order chi connectivity index (χ1) is 10.0. The van der Waals surface area contributed by atoms with E-state index in [9.17, 15) is 4.79 Å². The second-order valence-corrected chi connectivity index (χ2v) is 6.19. The molecular weight excluding hydrogens is 262 g/mol. The van der Waals surface area contributed by atoms with Gasteiger partial charge >= 0.3 is 0 Å². The molecule has 1 aromatic carbocycles. The zero-order chi connectivity index (χ0) is 15.3. The summed E-state index contributed by atoms with van der Waals surface area (Å²) in [5, 5.41) is 11.8. The van der Waals surface area contributed by atoms with Crippen molar-refractivity contribution in [2.75, 3.05) is 13.2 Å². The van der Waals surface area contributed by atoms with E-state index in [2.05, 4.69) is 24.1 Å². The van der Waals surface area contributed by atoms with Crippen molar-refractivity contribution in [1.82, 2.24) is 5.32 Å². The zero-order valence-corrected chi connectivity index (χ0v) is 12.8. The summed E-state index contributed by atoms with van der Waals surface area (Å²) in [6, 6.07) is 5.52. The van der Waals surface area contributed by atoms with Crippen LogP contribution in [0.5, 0.6) is 0 Å². The highest BCUT2D eigenvalue weighted by atomic mass is 16.2. The lowest BCUT2D eigenvalue weighted by molar-refractivity contribution is 0.0934. The summed E-state index contributed by atoms with van der Waals surface area (Å²) in [7, 11) is 0. The third-order valence-corrected chi connectivity index (χ3v) is 4.29. The van der Waals surface area contributed by atoms with Crippen LogP contribution in [0, 0.1) is 24.2 Å². The molecule has 0 radical (unpaired) electrons. The van der Waals surface area contributed by atoms with Crippen LogP contribution in [-0.2, 0) is 0 Å². The van der Waals surface area contributed by atoms with E-state index in [-0.39, 0.29) is 17.9 Å². The largest absolute Gasteiger partial charge is 0.384 e. The van der Waals surface area contributed by atoms with E-state index < -0.39 is 0 Å². The first-order valence-corrected chi connectivity index (χ1v) is 7.53. The topological polar surface area (TPSA) is 49.3 Å². The number of rotatable bonds is 3. The highest BCUT2D eigenvalue weighted by Gasteiger charge is 2.28. The summed E-state index contributed by atoms with van der Waals surface area (Å²) >= 11 is 0. The molecule has 1 aliphatic rings. The van der Waals surface area contributed by atoms with Gasteiger partial charge in [0, 0.05) is 17.7 Å². The van der Waals surface area contributed by atoms with Crippen molar-refractivity contribution in [2.24, 2.45) is 5.41 Å². The number of aliphatic hydroxyl groups excluding tert-OH is 1. The number of amides is 1. The van der Waals surface area contributed by atoms with Crippen molar-refractivity contribution in [1.29, 1.82) is 0 Å². The molecular formula is C18H23NO2. The summed E-state index contributed by atoms with van der Waals surface area (Å²) in [6.45, 7) is 4.75. The number of hydrogen-bond donors (Lipinski definition) is 2. The minimum absolute atomic E-state index is 0.0461. The van der Waals surface area contributed by atoms with Gasteiger partial charge in [-0.1, -0.05) is 37.7 Å². The van der Waals surface area contributed by atoms with Crippen molar-refractivity contribution >= 4 is 5.91 Å². The second kappa shape index (κ2) is 6.78. The van der Waals surface area contributed by atoms with E-state index >= 15 is 0 Å². The van der Waals surface area contributed by atoms with Crippen LogP contribution in [0.15, 0.2) is 18.2 Å². The van der Waals surface area contributed by atoms with Gasteiger partial charge in [0.15, 0.2) is 0 Å². The van der Waals surface area contributed by atoms with E-state index in [1.54, 1.807) is 6.07 Å². The number of hydrogen-bond acceptors (Lipinski definition) is 2. The van der Waals surface area contributed by atoms with Gasteiger partial charge in [-0.05, 0) is 42.9 Å². The zero-order valence-electron chi connectivity index (χ0n) is 12.8. The maximum atomic E-state index is 12.3. The highest BCUT2D eigenvalue weighted by molar-refractivity contribution is 5.94. The fourth-order valence-corrected chi connectivity index (χ4v) is 2.83. The number of aliphatic hydroxyl groups is 1. The van der Waals surface area contributed by atoms with Crippen molar-refractivity contribution in [3.05, 3.63) is 34.9 Å². The molecule has 3 nitrogen and oxygen atoms in total. The summed E-state index contributed by atoms with van der Waals surface area (Å²) in [6.07, 6.45) is 4.90. The monoisotopic (exact) mass is 285 g/mol. The molecule has 0 heterocycles. The Hall–Kier alpha value is -1.79. The molecule has 1 saturated carbocycles. The number of carbonyl (C=O) groups is 1. The molecule has 2 rings (SSSR count). The maximum absolute atomic E-state index is 12.3. The van der Waals surface area contributed by atoms with E-state index in [1.165, 1.54) is 25.7 Å². The molecule has 0 aliphatic heterocycles. The average molecular weight is 285 g/mol. The standard InChI is InChI=1S/C18H23NO2/c1-14-7-8-16(12-15(14)6-5-11-20)17(21)19-13-18(2)9-3-4-10-18/h7-8,12,20H,3-4,9-11,13H2,1-2H3,(H,19,21). The molecule has 1 amide bonds. The van der Waals surface area contributed by atoms with E-state index in [1.807, 2.05) is 19.1 Å². The fourth-order valence-electron chi connectivity index (χ4n) is 2.83. The highest BCUT2D eigenvalue weighted by Crippen LogP contribution is 2.36. The van der Waals surface area contributed by atoms with Gasteiger partial charge in [-0.15, -0.1) is 0 Å². The summed E-state index contributed by atoms with van der Waals surface area (Å²) in [4.78, 5) is 12.3. The van der Waals surface area contributed by atoms with Crippen LogP contribution in [-0.4, -0.2) is 24.2 Å². The normalized spacial score (nSPS) is 16.1. The van der Waals surface area contributed by atoms with Crippen molar-refractivity contribution in [3.8, 4) is 11.8 Å². The van der Waals surface area contributed by atoms with Gasteiger partial charge in [0.2, 0.25) is 0 Å². The number of nitrogens with one attached hydrogen (secondary N) is 1. The fraction of sp³-hybridized carbons (Fsp3) is 0.500. The third-order valence-electron chi connectivity index (χ3n) is 4.29. The molecule has 0 spiro atoms. The van der Waals surface area contributed by atoms with E-state index in [4.69, 9.17) is 5.11 Å². The molecule has 3 heteroatoms. The molecule has 0 bridgehead atoms. The number of benzene rings is 1. The van der Waals surface area contributed by atoms with Crippen LogP contribution in [0.25, 0.3) is 0 Å². The number of carbonyl (C=O) groups excluding carboxylic acids is 1. The Morgan fingerprint density at radius 3 is 2.76 bits per heavy atom. The Balaban J connectivity index is 2.05. The minimum atomic E-state index is -0.172. The Kier molecular flexibility index (Phi) is 5.03. The molecule has 21 heavy (non-hydrogen) atoms. The van der Waals surface area contributed by atoms with Gasteiger partial charge in [-0.25, -0.2) is 0 Å². The van der Waals surface area contributed by atoms with Gasteiger partial charge < -0.3 is 10.4 Å². The molecule has 112 valence electrons. The Bertz CT molecular complexity index is 575. The second-order valence-electron chi connectivity index (χ2n) is 6.19. The van der Waals surface area contributed by atoms with Gasteiger partial charge in [-0.2, -0.15) is 0 Å². The minimum Gasteiger partial charge on any atom is -0.384 e. The van der Waals surface area contributed by atoms with Gasteiger partial charge in [0.1, 0.15) is 6.61 Å². The van der Waals surface area contributed by atoms with Crippen molar-refractivity contribution < 1.29 is 9.90 Å². The van der Waals surface area contributed by atoms with Gasteiger partial charge in [-0.3, -0.25) is 4.79 Å². The van der Waals surface area contributed by atoms with Crippen LogP contribution < -0.4 is 5.32 Å². The van der Waals surface area contributed by atoms with Crippen LogP contribution in [0.4, 0.5) is 0 Å². The lowest BCUT2D eigenvalue weighted by atomic mass is 9.89. The molecule has 2 N–H and O–H groups in total. The van der Waals surface area contributed by atoms with Gasteiger partial charge in [0.25, 0.3) is 5.91 Å². The average Bonchev–Trinajstić information content (AvgIpc) is 2.91. The molecule has 1 aliphatic carbocycles. The molecule has 0 aromatic heterocycles. The van der Waals surface area contributed by atoms with Crippen LogP contribution in [0.2, 0.25) is 0 Å². The van der Waals surface area contributed by atoms with Crippen LogP contribution in [0.1, 0.15) is 54.1 Å². The molecule has 1 fully saturated rings. The molecule has 0 unspecified atom stereocenters.